The van der Waals surface area contributed by atoms with E-state index in [1.807, 2.05) is 24.3 Å². The van der Waals surface area contributed by atoms with Crippen LogP contribution >= 0.6 is 31.9 Å². The first-order valence-electron chi connectivity index (χ1n) is 6.48. The normalized spacial score (nSPS) is 12.2. The zero-order valence-electron chi connectivity index (χ0n) is 11.5. The Hall–Kier alpha value is -0.840. The Morgan fingerprint density at radius 3 is 2.35 bits per heavy atom. The lowest BCUT2D eigenvalue weighted by Crippen LogP contribution is -2.22. The third-order valence-electron chi connectivity index (χ3n) is 3.08. The summed E-state index contributed by atoms with van der Waals surface area (Å²) < 4.78 is 7.60. The van der Waals surface area contributed by atoms with Crippen LogP contribution < -0.4 is 10.1 Å². The van der Waals surface area contributed by atoms with Crippen molar-refractivity contribution in [1.29, 1.82) is 0 Å². The van der Waals surface area contributed by atoms with Crippen LogP contribution in [-0.4, -0.2) is 13.7 Å². The van der Waals surface area contributed by atoms with E-state index in [-0.39, 0.29) is 6.04 Å². The molecule has 0 spiro atoms. The third-order valence-corrected chi connectivity index (χ3v) is 3.99. The van der Waals surface area contributed by atoms with Crippen LogP contribution in [0.2, 0.25) is 0 Å². The van der Waals surface area contributed by atoms with E-state index < -0.39 is 0 Å². The topological polar surface area (TPSA) is 21.3 Å². The van der Waals surface area contributed by atoms with Gasteiger partial charge in [0.05, 0.1) is 13.2 Å². The minimum atomic E-state index is 0.102. The van der Waals surface area contributed by atoms with Crippen molar-refractivity contribution < 1.29 is 4.74 Å². The predicted octanol–water partition coefficient (Wildman–Crippen LogP) is 4.92. The van der Waals surface area contributed by atoms with Gasteiger partial charge in [-0.15, -0.1) is 0 Å². The molecule has 2 aromatic carbocycles. The molecule has 0 aromatic heterocycles. The van der Waals surface area contributed by atoms with Gasteiger partial charge in [-0.1, -0.05) is 57.0 Å². The lowest BCUT2D eigenvalue weighted by molar-refractivity contribution is 0.404. The van der Waals surface area contributed by atoms with Crippen LogP contribution in [0.15, 0.2) is 51.4 Å². The number of para-hydroxylation sites is 1. The van der Waals surface area contributed by atoms with Crippen LogP contribution in [0.1, 0.15) is 24.1 Å². The number of ether oxygens (including phenoxy) is 1. The van der Waals surface area contributed by atoms with Gasteiger partial charge in [0.15, 0.2) is 0 Å². The summed E-state index contributed by atoms with van der Waals surface area (Å²) in [4.78, 5) is 0. The number of nitrogens with one attached hydrogen (secondary N) is 1. The molecule has 0 saturated carbocycles. The standard InChI is InChI=1S/C16H17Br2NO/c1-3-19-16(11-8-12(17)10-13(18)9-11)14-6-4-5-7-15(14)20-2/h4-10,16,19H,3H2,1-2H3. The van der Waals surface area contributed by atoms with Crippen molar-refractivity contribution in [2.75, 3.05) is 13.7 Å². The summed E-state index contributed by atoms with van der Waals surface area (Å²) in [5.41, 5.74) is 2.33. The fourth-order valence-corrected chi connectivity index (χ4v) is 3.59. The average Bonchev–Trinajstić information content (AvgIpc) is 2.43. The molecule has 1 unspecified atom stereocenters. The van der Waals surface area contributed by atoms with Crippen LogP contribution in [0.3, 0.4) is 0 Å². The molecule has 20 heavy (non-hydrogen) atoms. The molecule has 0 aliphatic heterocycles. The summed E-state index contributed by atoms with van der Waals surface area (Å²) in [5, 5.41) is 3.52. The molecular weight excluding hydrogens is 382 g/mol. The molecule has 0 heterocycles. The predicted molar refractivity (Wildman–Crippen MR) is 90.4 cm³/mol. The second-order valence-corrected chi connectivity index (χ2v) is 6.27. The number of halogens is 2. The molecule has 1 atom stereocenters. The molecule has 0 radical (unpaired) electrons. The van der Waals surface area contributed by atoms with E-state index in [0.717, 1.165) is 26.8 Å². The molecule has 0 aliphatic rings. The highest BCUT2D eigenvalue weighted by molar-refractivity contribution is 9.11. The number of hydrogen-bond acceptors (Lipinski definition) is 2. The van der Waals surface area contributed by atoms with Crippen molar-refractivity contribution in [3.05, 3.63) is 62.5 Å². The van der Waals surface area contributed by atoms with Crippen LogP contribution in [-0.2, 0) is 0 Å². The monoisotopic (exact) mass is 397 g/mol. The van der Waals surface area contributed by atoms with Crippen molar-refractivity contribution >= 4 is 31.9 Å². The highest BCUT2D eigenvalue weighted by Gasteiger charge is 2.17. The molecular formula is C16H17Br2NO. The lowest BCUT2D eigenvalue weighted by Gasteiger charge is -2.21. The van der Waals surface area contributed by atoms with E-state index in [9.17, 15) is 0 Å². The maximum Gasteiger partial charge on any atom is 0.123 e. The molecule has 106 valence electrons. The van der Waals surface area contributed by atoms with Gasteiger partial charge in [0.25, 0.3) is 0 Å². The van der Waals surface area contributed by atoms with E-state index in [1.165, 1.54) is 5.56 Å². The lowest BCUT2D eigenvalue weighted by atomic mass is 9.98. The number of hydrogen-bond donors (Lipinski definition) is 1. The fourth-order valence-electron chi connectivity index (χ4n) is 2.26. The van der Waals surface area contributed by atoms with Crippen LogP contribution in [0.4, 0.5) is 0 Å². The van der Waals surface area contributed by atoms with Gasteiger partial charge in [-0.3, -0.25) is 0 Å². The van der Waals surface area contributed by atoms with Gasteiger partial charge < -0.3 is 10.1 Å². The van der Waals surface area contributed by atoms with Crippen LogP contribution in [0, 0.1) is 0 Å². The molecule has 0 fully saturated rings. The first kappa shape index (κ1) is 15.5. The number of rotatable bonds is 5. The maximum atomic E-state index is 5.49. The molecule has 1 N–H and O–H groups in total. The van der Waals surface area contributed by atoms with Gasteiger partial charge in [-0.2, -0.15) is 0 Å². The molecule has 0 amide bonds. The second-order valence-electron chi connectivity index (χ2n) is 4.44. The van der Waals surface area contributed by atoms with E-state index >= 15 is 0 Å². The Kier molecular flexibility index (Phi) is 5.64. The quantitative estimate of drug-likeness (QED) is 0.771. The molecule has 2 rings (SSSR count). The minimum absolute atomic E-state index is 0.102. The second kappa shape index (κ2) is 7.25. The van der Waals surface area contributed by atoms with Gasteiger partial charge in [-0.05, 0) is 36.4 Å². The van der Waals surface area contributed by atoms with E-state index in [0.29, 0.717) is 0 Å². The zero-order valence-corrected chi connectivity index (χ0v) is 14.7. The van der Waals surface area contributed by atoms with Crippen molar-refractivity contribution in [2.45, 2.75) is 13.0 Å². The first-order valence-corrected chi connectivity index (χ1v) is 8.06. The SMILES string of the molecule is CCNC(c1cc(Br)cc(Br)c1)c1ccccc1OC. The average molecular weight is 399 g/mol. The summed E-state index contributed by atoms with van der Waals surface area (Å²) in [6.45, 7) is 2.99. The van der Waals surface area contributed by atoms with Gasteiger partial charge in [0.2, 0.25) is 0 Å². The Balaban J connectivity index is 2.50. The Bertz CT molecular complexity index is 566. The number of methoxy groups -OCH3 is 1. The maximum absolute atomic E-state index is 5.49. The molecule has 2 nitrogen and oxygen atoms in total. The van der Waals surface area contributed by atoms with E-state index in [1.54, 1.807) is 7.11 Å². The van der Waals surface area contributed by atoms with Crippen molar-refractivity contribution in [1.82, 2.24) is 5.32 Å². The summed E-state index contributed by atoms with van der Waals surface area (Å²) in [5.74, 6) is 0.898. The fraction of sp³-hybridized carbons (Fsp3) is 0.250. The smallest absolute Gasteiger partial charge is 0.123 e. The largest absolute Gasteiger partial charge is 0.496 e. The highest BCUT2D eigenvalue weighted by atomic mass is 79.9. The van der Waals surface area contributed by atoms with E-state index in [4.69, 9.17) is 4.74 Å². The van der Waals surface area contributed by atoms with Crippen molar-refractivity contribution in [2.24, 2.45) is 0 Å². The minimum Gasteiger partial charge on any atom is -0.496 e. The molecule has 2 aromatic rings. The summed E-state index contributed by atoms with van der Waals surface area (Å²) in [6, 6.07) is 14.5. The Labute approximate surface area is 136 Å². The van der Waals surface area contributed by atoms with Gasteiger partial charge >= 0.3 is 0 Å². The highest BCUT2D eigenvalue weighted by Crippen LogP contribution is 2.32. The molecule has 0 aliphatic carbocycles. The Morgan fingerprint density at radius 2 is 1.75 bits per heavy atom. The van der Waals surface area contributed by atoms with Crippen molar-refractivity contribution in [3.8, 4) is 5.75 Å². The van der Waals surface area contributed by atoms with Gasteiger partial charge in [-0.25, -0.2) is 0 Å². The molecule has 0 bridgehead atoms. The molecule has 4 heteroatoms. The van der Waals surface area contributed by atoms with Gasteiger partial charge in [0.1, 0.15) is 5.75 Å². The number of benzene rings is 2. The Morgan fingerprint density at radius 1 is 1.10 bits per heavy atom. The van der Waals surface area contributed by atoms with Crippen molar-refractivity contribution in [3.63, 3.8) is 0 Å². The third kappa shape index (κ3) is 3.62. The summed E-state index contributed by atoms with van der Waals surface area (Å²) >= 11 is 7.10. The first-order chi connectivity index (χ1) is 9.65. The summed E-state index contributed by atoms with van der Waals surface area (Å²) in [7, 11) is 1.71. The van der Waals surface area contributed by atoms with E-state index in [2.05, 4.69) is 62.3 Å². The van der Waals surface area contributed by atoms with Gasteiger partial charge in [0, 0.05) is 14.5 Å². The molecule has 0 saturated heterocycles. The van der Waals surface area contributed by atoms with Crippen LogP contribution in [0.25, 0.3) is 0 Å². The summed E-state index contributed by atoms with van der Waals surface area (Å²) in [6.07, 6.45) is 0. The van der Waals surface area contributed by atoms with Crippen LogP contribution in [0.5, 0.6) is 5.75 Å². The zero-order chi connectivity index (χ0) is 14.5.